The maximum absolute atomic E-state index is 11.9. The van der Waals surface area contributed by atoms with Crippen molar-refractivity contribution in [2.75, 3.05) is 13.2 Å². The molecule has 0 atom stereocenters. The minimum atomic E-state index is -0.758. The number of guanidine groups is 1. The van der Waals surface area contributed by atoms with Crippen molar-refractivity contribution in [2.45, 2.75) is 52.6 Å². The summed E-state index contributed by atoms with van der Waals surface area (Å²) in [5.41, 5.74) is 0. The molecule has 2 aromatic rings. The van der Waals surface area contributed by atoms with Gasteiger partial charge in [-0.25, -0.2) is 19.1 Å². The smallest absolute Gasteiger partial charge is 0.342 e. The van der Waals surface area contributed by atoms with Crippen molar-refractivity contribution in [2.24, 2.45) is 0 Å². The van der Waals surface area contributed by atoms with Crippen LogP contribution < -0.4 is 10.6 Å². The number of ether oxygens (including phenoxy) is 2. The normalized spacial score (nSPS) is 10.4. The molecule has 2 heterocycles. The van der Waals surface area contributed by atoms with Gasteiger partial charge in [-0.05, 0) is 9.85 Å². The van der Waals surface area contributed by atoms with Crippen molar-refractivity contribution in [3.8, 4) is 0 Å². The van der Waals surface area contributed by atoms with Crippen molar-refractivity contribution in [3.05, 3.63) is 44.3 Å². The van der Waals surface area contributed by atoms with Gasteiger partial charge in [0.1, 0.15) is 38.7 Å². The summed E-state index contributed by atoms with van der Waals surface area (Å²) in [7, 11) is 0. The van der Waals surface area contributed by atoms with Gasteiger partial charge < -0.3 is 29.7 Å². The lowest BCUT2D eigenvalue weighted by Crippen LogP contribution is -2.43. The second-order valence-corrected chi connectivity index (χ2v) is 8.06. The Balaban J connectivity index is 1.60. The van der Waals surface area contributed by atoms with Gasteiger partial charge in [-0.1, -0.05) is 0 Å². The van der Waals surface area contributed by atoms with E-state index >= 15 is 0 Å². The van der Waals surface area contributed by atoms with Crippen LogP contribution in [0.5, 0.6) is 0 Å². The SMILES string of the molecule is Cc1ncc([N+](=O)[O-])n1CCOC(=O)CCC(=O)NC(=N)NC(=O)CCC(=O)OCCn1c([N+](=O)[O-])cnc1C. The number of nitro groups is 2. The van der Waals surface area contributed by atoms with Gasteiger partial charge >= 0.3 is 23.6 Å². The fraction of sp³-hybridized carbons (Fsp3) is 0.476. The average molecular weight is 566 g/mol. The molecular formula is C21H27N9O10. The predicted molar refractivity (Wildman–Crippen MR) is 132 cm³/mol. The van der Waals surface area contributed by atoms with E-state index in [1.165, 1.54) is 9.13 Å². The number of hydrogen-bond donors (Lipinski definition) is 3. The van der Waals surface area contributed by atoms with E-state index in [1.54, 1.807) is 13.8 Å². The van der Waals surface area contributed by atoms with Crippen molar-refractivity contribution < 1.29 is 38.5 Å². The lowest BCUT2D eigenvalue weighted by atomic mass is 10.3. The molecule has 0 fully saturated rings. The monoisotopic (exact) mass is 565 g/mol. The molecule has 0 saturated heterocycles. The fourth-order valence-electron chi connectivity index (χ4n) is 3.27. The molecule has 0 aliphatic heterocycles. The van der Waals surface area contributed by atoms with Gasteiger partial charge in [-0.2, -0.15) is 0 Å². The highest BCUT2D eigenvalue weighted by Gasteiger charge is 2.19. The minimum Gasteiger partial charge on any atom is -0.461 e. The van der Waals surface area contributed by atoms with Crippen LogP contribution in [0.3, 0.4) is 0 Å². The summed E-state index contributed by atoms with van der Waals surface area (Å²) < 4.78 is 12.4. The Morgan fingerprint density at radius 2 is 1.18 bits per heavy atom. The van der Waals surface area contributed by atoms with Crippen LogP contribution in [0.1, 0.15) is 37.3 Å². The van der Waals surface area contributed by atoms with E-state index in [2.05, 4.69) is 20.6 Å². The molecule has 0 bridgehead atoms. The van der Waals surface area contributed by atoms with Crippen LogP contribution >= 0.6 is 0 Å². The standard InChI is InChI=1S/C21H27N9O10/c1-13-23-11-17(29(35)36)27(13)7-9-39-19(33)5-3-15(31)25-21(22)26-16(32)4-6-20(34)40-10-8-28-14(2)24-12-18(28)30(37)38/h11-12H,3-10H2,1-2H3,(H3,22,25,26,31,32). The predicted octanol–water partition coefficient (Wildman–Crippen LogP) is 0.0270. The van der Waals surface area contributed by atoms with E-state index in [-0.39, 0.29) is 63.6 Å². The Kier molecular flexibility index (Phi) is 11.3. The molecule has 0 spiro atoms. The maximum atomic E-state index is 11.9. The molecule has 0 aromatic carbocycles. The van der Waals surface area contributed by atoms with Crippen LogP contribution in [-0.4, -0.2) is 71.9 Å². The van der Waals surface area contributed by atoms with Gasteiger partial charge in [0.2, 0.25) is 17.8 Å². The van der Waals surface area contributed by atoms with Crippen molar-refractivity contribution in [1.29, 1.82) is 5.41 Å². The largest absolute Gasteiger partial charge is 0.461 e. The van der Waals surface area contributed by atoms with Gasteiger partial charge in [-0.3, -0.25) is 35.2 Å². The average Bonchev–Trinajstić information content (AvgIpc) is 3.43. The molecule has 2 amide bonds. The molecule has 19 nitrogen and oxygen atoms in total. The second-order valence-electron chi connectivity index (χ2n) is 8.06. The number of esters is 2. The number of imidazole rings is 2. The molecule has 3 N–H and O–H groups in total. The van der Waals surface area contributed by atoms with Crippen LogP contribution in [0.15, 0.2) is 12.4 Å². The highest BCUT2D eigenvalue weighted by molar-refractivity contribution is 6.03. The number of amides is 2. The van der Waals surface area contributed by atoms with E-state index < -0.39 is 39.6 Å². The van der Waals surface area contributed by atoms with Crippen molar-refractivity contribution in [3.63, 3.8) is 0 Å². The number of carbonyl (C=O) groups is 4. The summed E-state index contributed by atoms with van der Waals surface area (Å²) in [5.74, 6) is -3.44. The summed E-state index contributed by atoms with van der Waals surface area (Å²) in [4.78, 5) is 75.8. The summed E-state index contributed by atoms with van der Waals surface area (Å²) in [5, 5.41) is 33.7. The first-order chi connectivity index (χ1) is 18.9. The third-order valence-corrected chi connectivity index (χ3v) is 5.24. The lowest BCUT2D eigenvalue weighted by Gasteiger charge is -2.09. The van der Waals surface area contributed by atoms with Gasteiger partial charge in [0.25, 0.3) is 0 Å². The topological polar surface area (TPSA) is 257 Å². The Morgan fingerprint density at radius 3 is 1.52 bits per heavy atom. The van der Waals surface area contributed by atoms with Crippen molar-refractivity contribution >= 4 is 41.3 Å². The molecule has 19 heteroatoms. The summed E-state index contributed by atoms with van der Waals surface area (Å²) >= 11 is 0. The molecule has 0 aliphatic carbocycles. The summed E-state index contributed by atoms with van der Waals surface area (Å²) in [6.07, 6.45) is 0.772. The van der Waals surface area contributed by atoms with Crippen LogP contribution in [0.2, 0.25) is 0 Å². The quantitative estimate of drug-likeness (QED) is 0.0901. The van der Waals surface area contributed by atoms with E-state index in [0.717, 1.165) is 12.4 Å². The van der Waals surface area contributed by atoms with Crippen LogP contribution in [0, 0.1) is 39.5 Å². The Morgan fingerprint density at radius 1 is 0.800 bits per heavy atom. The lowest BCUT2D eigenvalue weighted by molar-refractivity contribution is -0.392. The van der Waals surface area contributed by atoms with Crippen LogP contribution in [0.25, 0.3) is 0 Å². The van der Waals surface area contributed by atoms with Crippen LogP contribution in [-0.2, 0) is 41.7 Å². The first kappa shape index (κ1) is 31.0. The Hall–Kier alpha value is -5.23. The molecule has 0 unspecified atom stereocenters. The second kappa shape index (κ2) is 14.6. The molecular weight excluding hydrogens is 538 g/mol. The first-order valence-corrected chi connectivity index (χ1v) is 11.7. The third-order valence-electron chi connectivity index (χ3n) is 5.24. The molecule has 2 rings (SSSR count). The number of aryl methyl sites for hydroxylation is 2. The minimum absolute atomic E-state index is 0.00286. The van der Waals surface area contributed by atoms with Gasteiger partial charge in [0, 0.05) is 26.7 Å². The maximum Gasteiger partial charge on any atom is 0.342 e. The molecule has 0 saturated carbocycles. The zero-order valence-electron chi connectivity index (χ0n) is 21.6. The molecule has 40 heavy (non-hydrogen) atoms. The number of hydrogen-bond acceptors (Lipinski definition) is 13. The van der Waals surface area contributed by atoms with E-state index in [1.807, 2.05) is 0 Å². The summed E-state index contributed by atoms with van der Waals surface area (Å²) in [6, 6.07) is 0. The van der Waals surface area contributed by atoms with E-state index in [9.17, 15) is 39.4 Å². The Labute approximate surface area is 225 Å². The van der Waals surface area contributed by atoms with Gasteiger partial charge in [0.05, 0.1) is 12.8 Å². The van der Waals surface area contributed by atoms with Gasteiger partial charge in [0.15, 0.2) is 11.6 Å². The zero-order valence-corrected chi connectivity index (χ0v) is 21.6. The van der Waals surface area contributed by atoms with Crippen LogP contribution in [0.4, 0.5) is 11.6 Å². The first-order valence-electron chi connectivity index (χ1n) is 11.7. The van der Waals surface area contributed by atoms with E-state index in [0.29, 0.717) is 11.6 Å². The zero-order chi connectivity index (χ0) is 29.8. The van der Waals surface area contributed by atoms with Crippen molar-refractivity contribution in [1.82, 2.24) is 29.7 Å². The number of nitrogens with one attached hydrogen (secondary N) is 3. The number of nitrogens with zero attached hydrogens (tertiary/aromatic N) is 6. The fourth-order valence-corrected chi connectivity index (χ4v) is 3.27. The summed E-state index contributed by atoms with van der Waals surface area (Å²) in [6.45, 7) is 2.74. The number of aromatic nitrogens is 4. The molecule has 2 aromatic heterocycles. The molecule has 0 aliphatic rings. The number of rotatable bonds is 14. The van der Waals surface area contributed by atoms with E-state index in [4.69, 9.17) is 14.9 Å². The number of carbonyl (C=O) groups excluding carboxylic acids is 4. The molecule has 0 radical (unpaired) electrons. The highest BCUT2D eigenvalue weighted by Crippen LogP contribution is 2.14. The molecule has 216 valence electrons. The van der Waals surface area contributed by atoms with Gasteiger partial charge in [-0.15, -0.1) is 0 Å². The third kappa shape index (κ3) is 9.58. The highest BCUT2D eigenvalue weighted by atomic mass is 16.6. The Bertz CT molecular complexity index is 1200.